The Morgan fingerprint density at radius 2 is 2.19 bits per heavy atom. The minimum Gasteiger partial charge on any atom is -0.477 e. The van der Waals surface area contributed by atoms with Crippen molar-refractivity contribution in [2.75, 3.05) is 26.3 Å². The van der Waals surface area contributed by atoms with Gasteiger partial charge in [0.05, 0.1) is 37.3 Å². The molecular formula is C19H24N4O4. The molecule has 1 atom stereocenters. The zero-order valence-corrected chi connectivity index (χ0v) is 15.7. The van der Waals surface area contributed by atoms with Crippen LogP contribution in [-0.2, 0) is 4.74 Å². The lowest BCUT2D eigenvalue weighted by molar-refractivity contribution is -0.167. The van der Waals surface area contributed by atoms with Gasteiger partial charge in [0, 0.05) is 18.9 Å². The van der Waals surface area contributed by atoms with Crippen molar-refractivity contribution in [1.82, 2.24) is 20.0 Å². The van der Waals surface area contributed by atoms with E-state index in [4.69, 9.17) is 14.0 Å². The van der Waals surface area contributed by atoms with Crippen molar-refractivity contribution in [3.63, 3.8) is 0 Å². The average Bonchev–Trinajstić information content (AvgIpc) is 3.06. The normalized spacial score (nSPS) is 21.1. The highest BCUT2D eigenvalue weighted by Crippen LogP contribution is 2.38. The first-order chi connectivity index (χ1) is 13.0. The highest BCUT2D eigenvalue weighted by Gasteiger charge is 2.49. The van der Waals surface area contributed by atoms with E-state index < -0.39 is 0 Å². The Hall–Kier alpha value is -2.48. The number of carbonyl (C=O) groups excluding carboxylic acids is 1. The molecule has 2 aromatic heterocycles. The van der Waals surface area contributed by atoms with E-state index in [0.29, 0.717) is 42.9 Å². The number of amides is 1. The van der Waals surface area contributed by atoms with Crippen molar-refractivity contribution in [3.8, 4) is 5.88 Å². The van der Waals surface area contributed by atoms with Crippen LogP contribution in [0.25, 0.3) is 0 Å². The van der Waals surface area contributed by atoms with Gasteiger partial charge in [-0.15, -0.1) is 0 Å². The Morgan fingerprint density at radius 3 is 2.93 bits per heavy atom. The van der Waals surface area contributed by atoms with Crippen LogP contribution < -0.4 is 4.74 Å². The molecule has 2 aliphatic rings. The Labute approximate surface area is 157 Å². The van der Waals surface area contributed by atoms with E-state index in [1.165, 1.54) is 0 Å². The van der Waals surface area contributed by atoms with Crippen molar-refractivity contribution < 1.29 is 18.8 Å². The van der Waals surface area contributed by atoms with Crippen molar-refractivity contribution in [2.24, 2.45) is 5.92 Å². The quantitative estimate of drug-likeness (QED) is 0.794. The second kappa shape index (κ2) is 7.26. The van der Waals surface area contributed by atoms with Crippen molar-refractivity contribution in [1.29, 1.82) is 0 Å². The van der Waals surface area contributed by atoms with Crippen LogP contribution in [0.15, 0.2) is 23.0 Å². The first kappa shape index (κ1) is 17.9. The summed E-state index contributed by atoms with van der Waals surface area (Å²) in [6.07, 6.45) is 6.24. The zero-order valence-electron chi connectivity index (χ0n) is 15.7. The third kappa shape index (κ3) is 3.95. The molecule has 2 fully saturated rings. The SMILES string of the molecule is Cc1cc(C(=O)N2CC3(CC(CCOc4cncc(C)n4)CCO3)C2)on1. The molecule has 8 heteroatoms. The third-order valence-corrected chi connectivity index (χ3v) is 5.19. The van der Waals surface area contributed by atoms with Gasteiger partial charge < -0.3 is 18.9 Å². The lowest BCUT2D eigenvalue weighted by atomic mass is 9.79. The van der Waals surface area contributed by atoms with Gasteiger partial charge in [-0.2, -0.15) is 0 Å². The number of hydrogen-bond acceptors (Lipinski definition) is 7. The van der Waals surface area contributed by atoms with Gasteiger partial charge >= 0.3 is 0 Å². The van der Waals surface area contributed by atoms with Crippen molar-refractivity contribution in [3.05, 3.63) is 35.6 Å². The van der Waals surface area contributed by atoms with Gasteiger partial charge in [-0.1, -0.05) is 5.16 Å². The molecule has 0 N–H and O–H groups in total. The third-order valence-electron chi connectivity index (χ3n) is 5.19. The van der Waals surface area contributed by atoms with E-state index >= 15 is 0 Å². The summed E-state index contributed by atoms with van der Waals surface area (Å²) in [4.78, 5) is 22.6. The molecule has 0 saturated carbocycles. The molecule has 1 spiro atoms. The Balaban J connectivity index is 1.26. The molecule has 0 aliphatic carbocycles. The fourth-order valence-corrected chi connectivity index (χ4v) is 3.85. The Kier molecular flexibility index (Phi) is 4.82. The minimum atomic E-state index is -0.225. The molecule has 4 rings (SSSR count). The number of hydrogen-bond donors (Lipinski definition) is 0. The molecule has 0 aromatic carbocycles. The molecule has 2 saturated heterocycles. The van der Waals surface area contributed by atoms with Gasteiger partial charge in [0.15, 0.2) is 0 Å². The molecule has 27 heavy (non-hydrogen) atoms. The summed E-state index contributed by atoms with van der Waals surface area (Å²) >= 11 is 0. The summed E-state index contributed by atoms with van der Waals surface area (Å²) in [5, 5.41) is 3.78. The highest BCUT2D eigenvalue weighted by molar-refractivity contribution is 5.92. The van der Waals surface area contributed by atoms with Crippen LogP contribution in [0.1, 0.15) is 41.2 Å². The van der Waals surface area contributed by atoms with Gasteiger partial charge in [-0.05, 0) is 39.0 Å². The number of nitrogens with zero attached hydrogens (tertiary/aromatic N) is 4. The largest absolute Gasteiger partial charge is 0.477 e. The lowest BCUT2D eigenvalue weighted by Crippen LogP contribution is -2.66. The summed E-state index contributed by atoms with van der Waals surface area (Å²) in [6, 6.07) is 1.67. The number of aryl methyl sites for hydroxylation is 2. The molecule has 1 amide bonds. The molecule has 8 nitrogen and oxygen atoms in total. The summed E-state index contributed by atoms with van der Waals surface area (Å²) in [7, 11) is 0. The van der Waals surface area contributed by atoms with Crippen LogP contribution in [0, 0.1) is 19.8 Å². The molecule has 2 aliphatic heterocycles. The van der Waals surface area contributed by atoms with E-state index in [0.717, 1.165) is 31.6 Å². The topological polar surface area (TPSA) is 90.6 Å². The first-order valence-electron chi connectivity index (χ1n) is 9.31. The van der Waals surface area contributed by atoms with Crippen LogP contribution in [-0.4, -0.2) is 57.8 Å². The fraction of sp³-hybridized carbons (Fsp3) is 0.579. The van der Waals surface area contributed by atoms with Crippen molar-refractivity contribution >= 4 is 5.91 Å². The Bertz CT molecular complexity index is 816. The van der Waals surface area contributed by atoms with Crippen LogP contribution >= 0.6 is 0 Å². The van der Waals surface area contributed by atoms with Gasteiger partial charge in [0.25, 0.3) is 5.91 Å². The number of carbonyl (C=O) groups is 1. The van der Waals surface area contributed by atoms with E-state index in [1.807, 2.05) is 6.92 Å². The van der Waals surface area contributed by atoms with E-state index in [1.54, 1.807) is 30.3 Å². The smallest absolute Gasteiger partial charge is 0.292 e. The van der Waals surface area contributed by atoms with Crippen LogP contribution in [0.2, 0.25) is 0 Å². The molecule has 4 heterocycles. The standard InChI is InChI=1S/C19H24N4O4/c1-13-7-16(27-22-13)18(24)23-11-19(12-23)8-15(4-6-26-19)3-5-25-17-10-20-9-14(2)21-17/h7,9-10,15H,3-6,8,11-12H2,1-2H3. The minimum absolute atomic E-state index is 0.117. The molecule has 0 bridgehead atoms. The molecule has 2 aromatic rings. The molecule has 144 valence electrons. The molecular weight excluding hydrogens is 348 g/mol. The predicted molar refractivity (Wildman–Crippen MR) is 95.4 cm³/mol. The average molecular weight is 372 g/mol. The van der Waals surface area contributed by atoms with Crippen LogP contribution in [0.3, 0.4) is 0 Å². The van der Waals surface area contributed by atoms with Gasteiger partial charge in [0.2, 0.25) is 11.6 Å². The molecule has 0 radical (unpaired) electrons. The monoisotopic (exact) mass is 372 g/mol. The lowest BCUT2D eigenvalue weighted by Gasteiger charge is -2.52. The summed E-state index contributed by atoms with van der Waals surface area (Å²) in [5.74, 6) is 1.26. The number of aromatic nitrogens is 3. The maximum absolute atomic E-state index is 12.4. The maximum atomic E-state index is 12.4. The summed E-state index contributed by atoms with van der Waals surface area (Å²) < 4.78 is 16.8. The molecule has 1 unspecified atom stereocenters. The van der Waals surface area contributed by atoms with E-state index in [2.05, 4.69) is 15.1 Å². The van der Waals surface area contributed by atoms with E-state index in [9.17, 15) is 4.79 Å². The zero-order chi connectivity index (χ0) is 18.9. The second-order valence-corrected chi connectivity index (χ2v) is 7.52. The van der Waals surface area contributed by atoms with Gasteiger partial charge in [-0.3, -0.25) is 9.78 Å². The maximum Gasteiger partial charge on any atom is 0.292 e. The van der Waals surface area contributed by atoms with Gasteiger partial charge in [-0.25, -0.2) is 4.98 Å². The summed E-state index contributed by atoms with van der Waals surface area (Å²) in [6.45, 7) is 6.23. The van der Waals surface area contributed by atoms with Crippen molar-refractivity contribution in [2.45, 2.75) is 38.7 Å². The second-order valence-electron chi connectivity index (χ2n) is 7.52. The number of ether oxygens (including phenoxy) is 2. The highest BCUT2D eigenvalue weighted by atomic mass is 16.5. The number of rotatable bonds is 5. The van der Waals surface area contributed by atoms with E-state index in [-0.39, 0.29) is 11.5 Å². The fourth-order valence-electron chi connectivity index (χ4n) is 3.85. The number of likely N-dealkylation sites (tertiary alicyclic amines) is 1. The van der Waals surface area contributed by atoms with Crippen LogP contribution in [0.5, 0.6) is 5.88 Å². The van der Waals surface area contributed by atoms with Gasteiger partial charge in [0.1, 0.15) is 5.60 Å². The first-order valence-corrected chi connectivity index (χ1v) is 9.31. The predicted octanol–water partition coefficient (Wildman–Crippen LogP) is 2.17. The summed E-state index contributed by atoms with van der Waals surface area (Å²) in [5.41, 5.74) is 1.33. The van der Waals surface area contributed by atoms with Crippen LogP contribution in [0.4, 0.5) is 0 Å². The Morgan fingerprint density at radius 1 is 1.33 bits per heavy atom.